The number of hydrogen-bond donors (Lipinski definition) is 2. The normalized spacial score (nSPS) is 14.4. The van der Waals surface area contributed by atoms with Gasteiger partial charge >= 0.3 is 0 Å². The van der Waals surface area contributed by atoms with E-state index < -0.39 is 5.60 Å². The molecule has 0 saturated carbocycles. The van der Waals surface area contributed by atoms with Gasteiger partial charge in [-0.3, -0.25) is 9.48 Å². The number of ether oxygens (including phenoxy) is 1. The summed E-state index contributed by atoms with van der Waals surface area (Å²) < 4.78 is 6.44. The molecule has 0 aliphatic carbocycles. The van der Waals surface area contributed by atoms with Crippen LogP contribution in [0, 0.1) is 0 Å². The van der Waals surface area contributed by atoms with Gasteiger partial charge in [0.1, 0.15) is 5.69 Å². The minimum absolute atomic E-state index is 0.172. The van der Waals surface area contributed by atoms with Crippen molar-refractivity contribution in [2.45, 2.75) is 18.9 Å². The predicted octanol–water partition coefficient (Wildman–Crippen LogP) is -0.0626. The fourth-order valence-corrected chi connectivity index (χ4v) is 1.31. The molecule has 0 bridgehead atoms. The average molecular weight is 241 g/mol. The second-order valence-electron chi connectivity index (χ2n) is 4.30. The molecule has 2 N–H and O–H groups in total. The molecule has 1 aromatic heterocycles. The lowest BCUT2D eigenvalue weighted by atomic mass is 10.0. The lowest BCUT2D eigenvalue weighted by Gasteiger charge is -2.22. The van der Waals surface area contributed by atoms with Crippen LogP contribution in [0.15, 0.2) is 12.3 Å². The summed E-state index contributed by atoms with van der Waals surface area (Å²) >= 11 is 0. The summed E-state index contributed by atoms with van der Waals surface area (Å²) in [6, 6.07) is 1.62. The molecular weight excluding hydrogens is 222 g/mol. The molecule has 0 radical (unpaired) electrons. The van der Waals surface area contributed by atoms with Crippen LogP contribution in [-0.4, -0.2) is 46.7 Å². The van der Waals surface area contributed by atoms with E-state index in [2.05, 4.69) is 10.4 Å². The standard InChI is InChI=1S/C11H19N3O3/c1-11(16,5-7-17-3)8-12-10(15)9-4-6-14(2)13-9/h4,6,16H,5,7-8H2,1-3H3,(H,12,15). The van der Waals surface area contributed by atoms with Gasteiger partial charge in [0.05, 0.1) is 5.60 Å². The zero-order chi connectivity index (χ0) is 12.9. The van der Waals surface area contributed by atoms with E-state index in [0.717, 1.165) is 0 Å². The van der Waals surface area contributed by atoms with Crippen molar-refractivity contribution in [3.8, 4) is 0 Å². The number of rotatable bonds is 6. The SMILES string of the molecule is COCCC(C)(O)CNC(=O)c1ccn(C)n1. The molecule has 0 aliphatic rings. The van der Waals surface area contributed by atoms with E-state index in [4.69, 9.17) is 4.74 Å². The Hall–Kier alpha value is -1.40. The number of hydrogen-bond acceptors (Lipinski definition) is 4. The number of aryl methyl sites for hydroxylation is 1. The number of carbonyl (C=O) groups excluding carboxylic acids is 1. The minimum atomic E-state index is -0.972. The lowest BCUT2D eigenvalue weighted by molar-refractivity contribution is 0.0243. The number of carbonyl (C=O) groups is 1. The molecule has 0 aliphatic heterocycles. The lowest BCUT2D eigenvalue weighted by Crippen LogP contribution is -2.41. The van der Waals surface area contributed by atoms with E-state index in [1.807, 2.05) is 0 Å². The monoisotopic (exact) mass is 241 g/mol. The van der Waals surface area contributed by atoms with Crippen molar-refractivity contribution in [3.05, 3.63) is 18.0 Å². The van der Waals surface area contributed by atoms with Crippen LogP contribution < -0.4 is 5.32 Å². The van der Waals surface area contributed by atoms with Gasteiger partial charge in [-0.05, 0) is 13.0 Å². The Morgan fingerprint density at radius 2 is 2.41 bits per heavy atom. The molecule has 17 heavy (non-hydrogen) atoms. The molecule has 0 spiro atoms. The van der Waals surface area contributed by atoms with Gasteiger partial charge in [0, 0.05) is 39.9 Å². The third-order valence-corrected chi connectivity index (χ3v) is 2.42. The number of nitrogens with one attached hydrogen (secondary N) is 1. The Bertz CT molecular complexity index is 374. The smallest absolute Gasteiger partial charge is 0.271 e. The van der Waals surface area contributed by atoms with Crippen LogP contribution in [0.3, 0.4) is 0 Å². The predicted molar refractivity (Wildman–Crippen MR) is 62.7 cm³/mol. The van der Waals surface area contributed by atoms with Crippen molar-refractivity contribution in [1.29, 1.82) is 0 Å². The number of amides is 1. The first kappa shape index (κ1) is 13.7. The molecule has 1 atom stereocenters. The van der Waals surface area contributed by atoms with Crippen LogP contribution in [0.5, 0.6) is 0 Å². The van der Waals surface area contributed by atoms with Crippen molar-refractivity contribution in [2.75, 3.05) is 20.3 Å². The van der Waals surface area contributed by atoms with Crippen LogP contribution in [0.25, 0.3) is 0 Å². The summed E-state index contributed by atoms with van der Waals surface area (Å²) in [5.41, 5.74) is -0.629. The van der Waals surface area contributed by atoms with Crippen molar-refractivity contribution in [3.63, 3.8) is 0 Å². The van der Waals surface area contributed by atoms with E-state index in [-0.39, 0.29) is 12.5 Å². The number of methoxy groups -OCH3 is 1. The van der Waals surface area contributed by atoms with Crippen molar-refractivity contribution in [1.82, 2.24) is 15.1 Å². The van der Waals surface area contributed by atoms with Crippen molar-refractivity contribution in [2.24, 2.45) is 7.05 Å². The Kier molecular flexibility index (Phi) is 4.65. The van der Waals surface area contributed by atoms with E-state index >= 15 is 0 Å². The van der Waals surface area contributed by atoms with Crippen LogP contribution in [0.2, 0.25) is 0 Å². The van der Waals surface area contributed by atoms with Gasteiger partial charge in [-0.2, -0.15) is 5.10 Å². The third kappa shape index (κ3) is 4.54. The molecule has 1 unspecified atom stereocenters. The van der Waals surface area contributed by atoms with E-state index in [1.54, 1.807) is 38.0 Å². The van der Waals surface area contributed by atoms with E-state index in [1.165, 1.54) is 0 Å². The largest absolute Gasteiger partial charge is 0.388 e. The summed E-state index contributed by atoms with van der Waals surface area (Å²) in [5.74, 6) is -0.289. The number of aliphatic hydroxyl groups is 1. The molecular formula is C11H19N3O3. The van der Waals surface area contributed by atoms with Crippen molar-refractivity contribution >= 4 is 5.91 Å². The fourth-order valence-electron chi connectivity index (χ4n) is 1.31. The second kappa shape index (κ2) is 5.79. The van der Waals surface area contributed by atoms with Gasteiger partial charge in [-0.25, -0.2) is 0 Å². The summed E-state index contributed by atoms with van der Waals surface area (Å²) in [4.78, 5) is 11.6. The zero-order valence-corrected chi connectivity index (χ0v) is 10.4. The third-order valence-electron chi connectivity index (χ3n) is 2.42. The average Bonchev–Trinajstić information content (AvgIpc) is 2.70. The summed E-state index contributed by atoms with van der Waals surface area (Å²) in [6.45, 7) is 2.28. The highest BCUT2D eigenvalue weighted by Crippen LogP contribution is 2.07. The van der Waals surface area contributed by atoms with Gasteiger partial charge in [0.15, 0.2) is 0 Å². The fraction of sp³-hybridized carbons (Fsp3) is 0.636. The number of nitrogens with zero attached hydrogens (tertiary/aromatic N) is 2. The molecule has 6 nitrogen and oxygen atoms in total. The maximum absolute atomic E-state index is 11.6. The number of aromatic nitrogens is 2. The molecule has 1 amide bonds. The Morgan fingerprint density at radius 3 is 2.94 bits per heavy atom. The first-order valence-corrected chi connectivity index (χ1v) is 5.44. The topological polar surface area (TPSA) is 76.4 Å². The molecule has 1 aromatic rings. The van der Waals surface area contributed by atoms with Gasteiger partial charge in [-0.1, -0.05) is 0 Å². The maximum atomic E-state index is 11.6. The Labute approximate surface area is 101 Å². The van der Waals surface area contributed by atoms with Gasteiger partial charge in [-0.15, -0.1) is 0 Å². The van der Waals surface area contributed by atoms with Gasteiger partial charge in [0.25, 0.3) is 5.91 Å². The highest BCUT2D eigenvalue weighted by molar-refractivity contribution is 5.92. The summed E-state index contributed by atoms with van der Waals surface area (Å²) in [5, 5.41) is 16.5. The van der Waals surface area contributed by atoms with Crippen LogP contribution in [-0.2, 0) is 11.8 Å². The minimum Gasteiger partial charge on any atom is -0.388 e. The molecule has 0 fully saturated rings. The molecule has 6 heteroatoms. The van der Waals surface area contributed by atoms with Crippen molar-refractivity contribution < 1.29 is 14.6 Å². The summed E-state index contributed by atoms with van der Waals surface area (Å²) in [7, 11) is 3.31. The van der Waals surface area contributed by atoms with Crippen LogP contribution >= 0.6 is 0 Å². The van der Waals surface area contributed by atoms with E-state index in [9.17, 15) is 9.90 Å². The molecule has 0 saturated heterocycles. The second-order valence-corrected chi connectivity index (χ2v) is 4.30. The molecule has 0 aromatic carbocycles. The van der Waals surface area contributed by atoms with Gasteiger partial charge < -0.3 is 15.2 Å². The summed E-state index contributed by atoms with van der Waals surface area (Å²) in [6.07, 6.45) is 2.16. The maximum Gasteiger partial charge on any atom is 0.271 e. The van der Waals surface area contributed by atoms with Crippen LogP contribution in [0.4, 0.5) is 0 Å². The molecule has 1 heterocycles. The Morgan fingerprint density at radius 1 is 1.71 bits per heavy atom. The highest BCUT2D eigenvalue weighted by atomic mass is 16.5. The zero-order valence-electron chi connectivity index (χ0n) is 10.4. The van der Waals surface area contributed by atoms with Crippen LogP contribution in [0.1, 0.15) is 23.8 Å². The molecule has 96 valence electrons. The Balaban J connectivity index is 2.42. The molecule has 1 rings (SSSR count). The first-order chi connectivity index (χ1) is 7.94. The first-order valence-electron chi connectivity index (χ1n) is 5.44. The highest BCUT2D eigenvalue weighted by Gasteiger charge is 2.21. The van der Waals surface area contributed by atoms with E-state index in [0.29, 0.717) is 18.7 Å². The van der Waals surface area contributed by atoms with Gasteiger partial charge in [0.2, 0.25) is 0 Å². The quantitative estimate of drug-likeness (QED) is 0.731.